The SMILES string of the molecule is C[C@@H]1Cc2cc(-c3csc(NC(=O)Cc4ccccc4)n3)ccc2N1S(C)(=O)=O. The van der Waals surface area contributed by atoms with E-state index >= 15 is 0 Å². The van der Waals surface area contributed by atoms with E-state index in [1.54, 1.807) is 0 Å². The van der Waals surface area contributed by atoms with Crippen LogP contribution in [0.15, 0.2) is 53.9 Å². The summed E-state index contributed by atoms with van der Waals surface area (Å²) in [7, 11) is -3.31. The first kappa shape index (κ1) is 19.6. The predicted molar refractivity (Wildman–Crippen MR) is 117 cm³/mol. The van der Waals surface area contributed by atoms with Crippen LogP contribution in [-0.4, -0.2) is 31.6 Å². The molecule has 1 amide bonds. The molecule has 0 aliphatic carbocycles. The summed E-state index contributed by atoms with van der Waals surface area (Å²) in [6.07, 6.45) is 2.20. The summed E-state index contributed by atoms with van der Waals surface area (Å²) in [5, 5.41) is 5.29. The summed E-state index contributed by atoms with van der Waals surface area (Å²) in [4.78, 5) is 16.8. The molecule has 4 rings (SSSR count). The fraction of sp³-hybridized carbons (Fsp3) is 0.238. The molecule has 29 heavy (non-hydrogen) atoms. The van der Waals surface area contributed by atoms with Crippen LogP contribution in [0.3, 0.4) is 0 Å². The van der Waals surface area contributed by atoms with Crippen LogP contribution in [0.2, 0.25) is 0 Å². The molecular formula is C21H21N3O3S2. The zero-order valence-electron chi connectivity index (χ0n) is 16.1. The lowest BCUT2D eigenvalue weighted by Gasteiger charge is -2.21. The minimum atomic E-state index is -3.31. The maximum atomic E-state index is 12.2. The molecule has 3 aromatic rings. The first-order valence-corrected chi connectivity index (χ1v) is 12.0. The molecule has 0 radical (unpaired) electrons. The lowest BCUT2D eigenvalue weighted by Crippen LogP contribution is -2.34. The Morgan fingerprint density at radius 2 is 2.00 bits per heavy atom. The summed E-state index contributed by atoms with van der Waals surface area (Å²) in [6, 6.07) is 15.2. The third kappa shape index (κ3) is 4.18. The lowest BCUT2D eigenvalue weighted by atomic mass is 10.1. The molecule has 6 nitrogen and oxygen atoms in total. The monoisotopic (exact) mass is 427 g/mol. The standard InChI is InChI=1S/C21H21N3O3S2/c1-14-10-17-12-16(8-9-19(17)24(14)29(2,26)27)18-13-28-21(22-18)23-20(25)11-15-6-4-3-5-7-15/h3-9,12-14H,10-11H2,1-2H3,(H,22,23,25)/t14-/m1/s1. The van der Waals surface area contributed by atoms with Gasteiger partial charge in [0.2, 0.25) is 15.9 Å². The third-order valence-corrected chi connectivity index (χ3v) is 6.87. The van der Waals surface area contributed by atoms with Gasteiger partial charge < -0.3 is 5.32 Å². The Hall–Kier alpha value is -2.71. The molecule has 0 fully saturated rings. The van der Waals surface area contributed by atoms with Gasteiger partial charge in [-0.05, 0) is 36.6 Å². The molecule has 0 spiro atoms. The molecule has 1 atom stereocenters. The number of rotatable bonds is 5. The highest BCUT2D eigenvalue weighted by atomic mass is 32.2. The van der Waals surface area contributed by atoms with Gasteiger partial charge in [0.25, 0.3) is 0 Å². The molecule has 1 aromatic heterocycles. The van der Waals surface area contributed by atoms with Gasteiger partial charge in [-0.1, -0.05) is 36.4 Å². The number of aromatic nitrogens is 1. The summed E-state index contributed by atoms with van der Waals surface area (Å²) < 4.78 is 25.6. The van der Waals surface area contributed by atoms with E-state index < -0.39 is 10.0 Å². The summed E-state index contributed by atoms with van der Waals surface area (Å²) >= 11 is 1.37. The number of fused-ring (bicyclic) bond motifs is 1. The Labute approximate surface area is 174 Å². The fourth-order valence-electron chi connectivity index (χ4n) is 3.68. The number of carbonyl (C=O) groups excluding carboxylic acids is 1. The molecule has 8 heteroatoms. The molecule has 2 heterocycles. The predicted octanol–water partition coefficient (Wildman–Crippen LogP) is 3.70. The van der Waals surface area contributed by atoms with Crippen molar-refractivity contribution < 1.29 is 13.2 Å². The molecule has 150 valence electrons. The third-order valence-electron chi connectivity index (χ3n) is 4.84. The van der Waals surface area contributed by atoms with Crippen molar-refractivity contribution in [1.82, 2.24) is 4.98 Å². The Morgan fingerprint density at radius 3 is 2.72 bits per heavy atom. The topological polar surface area (TPSA) is 79.4 Å². The number of nitrogens with one attached hydrogen (secondary N) is 1. The van der Waals surface area contributed by atoms with E-state index in [0.29, 0.717) is 18.0 Å². The van der Waals surface area contributed by atoms with Crippen molar-refractivity contribution in [2.75, 3.05) is 15.9 Å². The van der Waals surface area contributed by atoms with Crippen molar-refractivity contribution in [3.63, 3.8) is 0 Å². The molecule has 0 saturated carbocycles. The van der Waals surface area contributed by atoms with E-state index in [1.807, 2.05) is 60.8 Å². The first-order chi connectivity index (χ1) is 13.8. The van der Waals surface area contributed by atoms with Crippen LogP contribution in [0, 0.1) is 0 Å². The van der Waals surface area contributed by atoms with Crippen LogP contribution in [0.25, 0.3) is 11.3 Å². The molecule has 2 aromatic carbocycles. The van der Waals surface area contributed by atoms with Crippen LogP contribution in [0.1, 0.15) is 18.1 Å². The van der Waals surface area contributed by atoms with Gasteiger partial charge in [0.05, 0.1) is 24.1 Å². The summed E-state index contributed by atoms with van der Waals surface area (Å²) in [6.45, 7) is 1.91. The molecule has 1 N–H and O–H groups in total. The number of nitrogens with zero attached hydrogens (tertiary/aromatic N) is 2. The number of anilines is 2. The first-order valence-electron chi connectivity index (χ1n) is 9.23. The lowest BCUT2D eigenvalue weighted by molar-refractivity contribution is -0.115. The number of benzene rings is 2. The van der Waals surface area contributed by atoms with Crippen molar-refractivity contribution in [3.8, 4) is 11.3 Å². The quantitative estimate of drug-likeness (QED) is 0.673. The second-order valence-corrected chi connectivity index (χ2v) is 9.92. The largest absolute Gasteiger partial charge is 0.302 e. The number of carbonyl (C=O) groups is 1. The van der Waals surface area contributed by atoms with E-state index in [-0.39, 0.29) is 11.9 Å². The van der Waals surface area contributed by atoms with Crippen molar-refractivity contribution in [3.05, 3.63) is 65.0 Å². The average Bonchev–Trinajstić information content (AvgIpc) is 3.24. The van der Waals surface area contributed by atoms with Crippen LogP contribution >= 0.6 is 11.3 Å². The van der Waals surface area contributed by atoms with E-state index in [9.17, 15) is 13.2 Å². The highest BCUT2D eigenvalue weighted by Gasteiger charge is 2.32. The van der Waals surface area contributed by atoms with Gasteiger partial charge in [0, 0.05) is 17.0 Å². The zero-order chi connectivity index (χ0) is 20.6. The Bertz CT molecular complexity index is 1160. The van der Waals surface area contributed by atoms with E-state index in [2.05, 4.69) is 10.3 Å². The Kier molecular flexibility index (Phi) is 5.14. The highest BCUT2D eigenvalue weighted by Crippen LogP contribution is 2.37. The fourth-order valence-corrected chi connectivity index (χ4v) is 5.68. The van der Waals surface area contributed by atoms with Crippen molar-refractivity contribution in [2.24, 2.45) is 0 Å². The Balaban J connectivity index is 1.50. The highest BCUT2D eigenvalue weighted by molar-refractivity contribution is 7.92. The molecule has 0 saturated heterocycles. The molecule has 1 aliphatic rings. The zero-order valence-corrected chi connectivity index (χ0v) is 17.8. The maximum Gasteiger partial charge on any atom is 0.232 e. The van der Waals surface area contributed by atoms with Crippen LogP contribution in [0.4, 0.5) is 10.8 Å². The van der Waals surface area contributed by atoms with Crippen molar-refractivity contribution in [1.29, 1.82) is 0 Å². The number of hydrogen-bond acceptors (Lipinski definition) is 5. The number of sulfonamides is 1. The van der Waals surface area contributed by atoms with Gasteiger partial charge in [-0.25, -0.2) is 13.4 Å². The van der Waals surface area contributed by atoms with Gasteiger partial charge in [-0.3, -0.25) is 9.10 Å². The maximum absolute atomic E-state index is 12.2. The van der Waals surface area contributed by atoms with Gasteiger partial charge >= 0.3 is 0 Å². The Morgan fingerprint density at radius 1 is 1.24 bits per heavy atom. The summed E-state index contributed by atoms with van der Waals surface area (Å²) in [5.74, 6) is -0.108. The molecule has 1 aliphatic heterocycles. The minimum Gasteiger partial charge on any atom is -0.302 e. The van der Waals surface area contributed by atoms with E-state index in [1.165, 1.54) is 21.9 Å². The minimum absolute atomic E-state index is 0.0986. The van der Waals surface area contributed by atoms with Crippen molar-refractivity contribution >= 4 is 38.1 Å². The number of thiazole rings is 1. The summed E-state index contributed by atoms with van der Waals surface area (Å²) in [5.41, 5.74) is 4.34. The normalized spacial score (nSPS) is 15.9. The second kappa shape index (κ2) is 7.61. The van der Waals surface area contributed by atoms with Gasteiger partial charge in [-0.2, -0.15) is 0 Å². The van der Waals surface area contributed by atoms with E-state index in [0.717, 1.165) is 28.1 Å². The van der Waals surface area contributed by atoms with Gasteiger partial charge in [-0.15, -0.1) is 11.3 Å². The van der Waals surface area contributed by atoms with E-state index in [4.69, 9.17) is 0 Å². The van der Waals surface area contributed by atoms with Gasteiger partial charge in [0.15, 0.2) is 5.13 Å². The van der Waals surface area contributed by atoms with Gasteiger partial charge in [0.1, 0.15) is 0 Å². The number of hydrogen-bond donors (Lipinski definition) is 1. The van der Waals surface area contributed by atoms with Crippen LogP contribution in [-0.2, 0) is 27.7 Å². The van der Waals surface area contributed by atoms with Crippen LogP contribution in [0.5, 0.6) is 0 Å². The van der Waals surface area contributed by atoms with Crippen molar-refractivity contribution in [2.45, 2.75) is 25.8 Å². The second-order valence-electron chi connectivity index (χ2n) is 7.20. The smallest absolute Gasteiger partial charge is 0.232 e. The average molecular weight is 428 g/mol. The van der Waals surface area contributed by atoms with Crippen LogP contribution < -0.4 is 9.62 Å². The number of amides is 1. The molecule has 0 bridgehead atoms. The molecular weight excluding hydrogens is 406 g/mol. The molecule has 0 unspecified atom stereocenters.